The molecule has 0 spiro atoms. The van der Waals surface area contributed by atoms with Crippen LogP contribution in [0.4, 0.5) is 0 Å². The molecule has 0 atom stereocenters. The molecule has 0 aromatic carbocycles. The molecule has 0 aliphatic heterocycles. The highest BCUT2D eigenvalue weighted by Crippen LogP contribution is 2.49. The maximum Gasteiger partial charge on any atom is -0.00773 e. The van der Waals surface area contributed by atoms with Crippen LogP contribution in [0.15, 0.2) is 0 Å². The van der Waals surface area contributed by atoms with Crippen molar-refractivity contribution in [3.8, 4) is 0 Å². The van der Waals surface area contributed by atoms with Crippen molar-refractivity contribution in [1.29, 1.82) is 0 Å². The first-order chi connectivity index (χ1) is 7.27. The molecule has 1 nitrogen and oxygen atoms in total. The molecule has 1 aliphatic carbocycles. The molecule has 2 N–H and O–H groups in total. The lowest BCUT2D eigenvalue weighted by atomic mass is 9.99. The van der Waals surface area contributed by atoms with Crippen LogP contribution in [0.5, 0.6) is 0 Å². The summed E-state index contributed by atoms with van der Waals surface area (Å²) >= 11 is 0. The molecular formula is C14H29N. The second kappa shape index (κ2) is 7.27. The molecule has 0 aromatic rings. The van der Waals surface area contributed by atoms with Crippen LogP contribution < -0.4 is 5.73 Å². The van der Waals surface area contributed by atoms with Gasteiger partial charge >= 0.3 is 0 Å². The minimum atomic E-state index is 0.779. The third-order valence-electron chi connectivity index (χ3n) is 3.84. The van der Waals surface area contributed by atoms with E-state index in [0.29, 0.717) is 0 Å². The number of hydrogen-bond donors (Lipinski definition) is 1. The van der Waals surface area contributed by atoms with Crippen LogP contribution in [0.3, 0.4) is 0 Å². The van der Waals surface area contributed by atoms with Gasteiger partial charge in [0.05, 0.1) is 0 Å². The quantitative estimate of drug-likeness (QED) is 0.537. The molecule has 0 radical (unpaired) electrons. The average Bonchev–Trinajstić information content (AvgIpc) is 2.95. The molecule has 1 rings (SSSR count). The van der Waals surface area contributed by atoms with Gasteiger partial charge in [0, 0.05) is 0 Å². The van der Waals surface area contributed by atoms with E-state index < -0.39 is 0 Å². The van der Waals surface area contributed by atoms with E-state index in [4.69, 9.17) is 5.73 Å². The number of hydrogen-bond acceptors (Lipinski definition) is 1. The van der Waals surface area contributed by atoms with Crippen molar-refractivity contribution in [2.24, 2.45) is 11.1 Å². The first kappa shape index (κ1) is 13.0. The van der Waals surface area contributed by atoms with Crippen molar-refractivity contribution in [3.05, 3.63) is 0 Å². The molecule has 0 unspecified atom stereocenters. The molecule has 0 bridgehead atoms. The summed E-state index contributed by atoms with van der Waals surface area (Å²) < 4.78 is 0. The lowest BCUT2D eigenvalue weighted by Gasteiger charge is -2.06. The molecule has 1 heteroatoms. The van der Waals surface area contributed by atoms with Gasteiger partial charge < -0.3 is 5.73 Å². The predicted molar refractivity (Wildman–Crippen MR) is 67.9 cm³/mol. The molecule has 1 fully saturated rings. The summed E-state index contributed by atoms with van der Waals surface area (Å²) in [5.41, 5.74) is 6.23. The highest BCUT2D eigenvalue weighted by molar-refractivity contribution is 4.87. The third-order valence-corrected chi connectivity index (χ3v) is 3.84. The average molecular weight is 211 g/mol. The van der Waals surface area contributed by atoms with Gasteiger partial charge in [-0.15, -0.1) is 0 Å². The van der Waals surface area contributed by atoms with Gasteiger partial charge in [0.1, 0.15) is 0 Å². The summed E-state index contributed by atoms with van der Waals surface area (Å²) in [6.07, 6.45) is 15.7. The van der Waals surface area contributed by atoms with E-state index in [9.17, 15) is 0 Å². The van der Waals surface area contributed by atoms with Gasteiger partial charge in [0.25, 0.3) is 0 Å². The van der Waals surface area contributed by atoms with Crippen molar-refractivity contribution in [1.82, 2.24) is 0 Å². The van der Waals surface area contributed by atoms with Gasteiger partial charge in [-0.25, -0.2) is 0 Å². The van der Waals surface area contributed by atoms with Gasteiger partial charge in [0.2, 0.25) is 0 Å². The molecule has 0 heterocycles. The molecule has 0 amide bonds. The Morgan fingerprint density at radius 2 is 1.27 bits per heavy atom. The van der Waals surface area contributed by atoms with E-state index in [0.717, 1.165) is 12.0 Å². The minimum Gasteiger partial charge on any atom is -0.330 e. The molecule has 90 valence electrons. The summed E-state index contributed by atoms with van der Waals surface area (Å²) in [4.78, 5) is 0. The maximum absolute atomic E-state index is 5.46. The topological polar surface area (TPSA) is 26.0 Å². The summed E-state index contributed by atoms with van der Waals surface area (Å²) in [5, 5.41) is 0. The van der Waals surface area contributed by atoms with E-state index in [2.05, 4.69) is 6.92 Å². The van der Waals surface area contributed by atoms with Crippen molar-refractivity contribution in [2.45, 2.75) is 77.6 Å². The Hall–Kier alpha value is -0.0400. The van der Waals surface area contributed by atoms with Crippen LogP contribution >= 0.6 is 0 Å². The van der Waals surface area contributed by atoms with Gasteiger partial charge in [-0.05, 0) is 37.6 Å². The van der Waals surface area contributed by atoms with Crippen molar-refractivity contribution in [2.75, 3.05) is 6.54 Å². The zero-order valence-corrected chi connectivity index (χ0v) is 10.6. The Morgan fingerprint density at radius 3 is 1.73 bits per heavy atom. The van der Waals surface area contributed by atoms with E-state index >= 15 is 0 Å². The Bertz CT molecular complexity index is 149. The van der Waals surface area contributed by atoms with E-state index in [1.54, 1.807) is 0 Å². The van der Waals surface area contributed by atoms with Gasteiger partial charge in [-0.3, -0.25) is 0 Å². The Kier molecular flexibility index (Phi) is 6.31. The largest absolute Gasteiger partial charge is 0.330 e. The fourth-order valence-corrected chi connectivity index (χ4v) is 2.22. The smallest absolute Gasteiger partial charge is 0.00773 e. The standard InChI is InChI=1S/C14H29N/c1-14(11-12-14)10-8-6-4-2-3-5-7-9-13-15/h2-13,15H2,1H3. The number of nitrogens with two attached hydrogens (primary N) is 1. The second-order valence-corrected chi connectivity index (χ2v) is 5.68. The normalized spacial score (nSPS) is 18.0. The van der Waals surface area contributed by atoms with Crippen molar-refractivity contribution < 1.29 is 0 Å². The molecule has 0 saturated heterocycles. The Morgan fingerprint density at radius 1 is 0.800 bits per heavy atom. The van der Waals surface area contributed by atoms with E-state index in [1.165, 1.54) is 70.6 Å². The third kappa shape index (κ3) is 6.94. The monoisotopic (exact) mass is 211 g/mol. The molecule has 1 saturated carbocycles. The minimum absolute atomic E-state index is 0.779. The zero-order valence-electron chi connectivity index (χ0n) is 10.6. The molecule has 0 aromatic heterocycles. The van der Waals surface area contributed by atoms with Crippen molar-refractivity contribution in [3.63, 3.8) is 0 Å². The summed E-state index contributed by atoms with van der Waals surface area (Å²) in [6.45, 7) is 3.32. The zero-order chi connectivity index (χ0) is 11.0. The molecule has 1 aliphatic rings. The second-order valence-electron chi connectivity index (χ2n) is 5.68. The predicted octanol–water partition coefficient (Wildman–Crippen LogP) is 4.26. The first-order valence-electron chi connectivity index (χ1n) is 6.97. The van der Waals surface area contributed by atoms with Gasteiger partial charge in [-0.2, -0.15) is 0 Å². The number of unbranched alkanes of at least 4 members (excludes halogenated alkanes) is 7. The SMILES string of the molecule is CC1(CCCCCCCCCCN)CC1. The summed E-state index contributed by atoms with van der Waals surface area (Å²) in [5.74, 6) is 0. The van der Waals surface area contributed by atoms with Crippen LogP contribution in [0, 0.1) is 5.41 Å². The lowest BCUT2D eigenvalue weighted by molar-refractivity contribution is 0.466. The molecule has 15 heavy (non-hydrogen) atoms. The van der Waals surface area contributed by atoms with Gasteiger partial charge in [0.15, 0.2) is 0 Å². The fourth-order valence-electron chi connectivity index (χ4n) is 2.22. The first-order valence-corrected chi connectivity index (χ1v) is 6.97. The summed E-state index contributed by atoms with van der Waals surface area (Å²) in [6, 6.07) is 0. The van der Waals surface area contributed by atoms with Crippen LogP contribution in [0.2, 0.25) is 0 Å². The summed E-state index contributed by atoms with van der Waals surface area (Å²) in [7, 11) is 0. The Balaban J connectivity index is 1.70. The van der Waals surface area contributed by atoms with E-state index in [1.807, 2.05) is 0 Å². The lowest BCUT2D eigenvalue weighted by Crippen LogP contribution is -1.97. The maximum atomic E-state index is 5.46. The van der Waals surface area contributed by atoms with E-state index in [-0.39, 0.29) is 0 Å². The van der Waals surface area contributed by atoms with Crippen LogP contribution in [0.25, 0.3) is 0 Å². The van der Waals surface area contributed by atoms with Crippen LogP contribution in [0.1, 0.15) is 77.6 Å². The highest BCUT2D eigenvalue weighted by atomic mass is 14.5. The number of rotatable bonds is 10. The molecular weight excluding hydrogens is 182 g/mol. The highest BCUT2D eigenvalue weighted by Gasteiger charge is 2.35. The fraction of sp³-hybridized carbons (Fsp3) is 1.00. The van der Waals surface area contributed by atoms with Crippen molar-refractivity contribution >= 4 is 0 Å². The van der Waals surface area contributed by atoms with Crippen LogP contribution in [-0.2, 0) is 0 Å². The Labute approximate surface area is 95.8 Å². The van der Waals surface area contributed by atoms with Crippen LogP contribution in [-0.4, -0.2) is 6.54 Å². The van der Waals surface area contributed by atoms with Gasteiger partial charge in [-0.1, -0.05) is 51.9 Å².